The third-order valence-electron chi connectivity index (χ3n) is 3.62. The van der Waals surface area contributed by atoms with Gasteiger partial charge in [0, 0.05) is 12.1 Å². The highest BCUT2D eigenvalue weighted by Crippen LogP contribution is 2.20. The Balaban J connectivity index is 2.61. The van der Waals surface area contributed by atoms with E-state index in [1.165, 1.54) is 6.42 Å². The van der Waals surface area contributed by atoms with Crippen LogP contribution in [-0.4, -0.2) is 35.6 Å². The lowest BCUT2D eigenvalue weighted by molar-refractivity contribution is -0.134. The van der Waals surface area contributed by atoms with Crippen molar-refractivity contribution in [2.75, 3.05) is 7.05 Å². The Bertz CT molecular complexity index is 243. The van der Waals surface area contributed by atoms with Gasteiger partial charge in [-0.3, -0.25) is 10.2 Å². The van der Waals surface area contributed by atoms with Crippen LogP contribution in [0.25, 0.3) is 0 Å². The summed E-state index contributed by atoms with van der Waals surface area (Å²) in [5.41, 5.74) is 2.52. The molecular formula is C12H25N3O. The van der Waals surface area contributed by atoms with Crippen molar-refractivity contribution in [3.63, 3.8) is 0 Å². The standard InChI is InChI=1S/C12H25N3O/c1-9-7-6-8-10(2)15(9)14-11(16)12(3,4)13-5/h9-10,13H,6-8H2,1-5H3,(H,14,16). The van der Waals surface area contributed by atoms with Crippen LogP contribution in [0.15, 0.2) is 0 Å². The maximum atomic E-state index is 12.0. The zero-order chi connectivity index (χ0) is 12.3. The van der Waals surface area contributed by atoms with Crippen LogP contribution in [0.2, 0.25) is 0 Å². The maximum Gasteiger partial charge on any atom is 0.253 e. The van der Waals surface area contributed by atoms with Crippen LogP contribution in [0.1, 0.15) is 47.0 Å². The Hall–Kier alpha value is -0.610. The van der Waals surface area contributed by atoms with Crippen molar-refractivity contribution in [2.45, 2.75) is 64.6 Å². The second kappa shape index (κ2) is 5.15. The lowest BCUT2D eigenvalue weighted by Gasteiger charge is -2.40. The average Bonchev–Trinajstić information content (AvgIpc) is 2.23. The van der Waals surface area contributed by atoms with Gasteiger partial charge in [-0.2, -0.15) is 0 Å². The van der Waals surface area contributed by atoms with Gasteiger partial charge in [0.25, 0.3) is 5.91 Å². The third kappa shape index (κ3) is 2.95. The molecule has 2 N–H and O–H groups in total. The van der Waals surface area contributed by atoms with Crippen molar-refractivity contribution < 1.29 is 4.79 Å². The average molecular weight is 227 g/mol. The molecule has 0 aromatic heterocycles. The Morgan fingerprint density at radius 1 is 1.25 bits per heavy atom. The summed E-state index contributed by atoms with van der Waals surface area (Å²) in [7, 11) is 1.81. The molecule has 4 heteroatoms. The van der Waals surface area contributed by atoms with E-state index in [-0.39, 0.29) is 5.91 Å². The number of hydrazine groups is 1. The molecule has 4 nitrogen and oxygen atoms in total. The first kappa shape index (κ1) is 13.5. The minimum absolute atomic E-state index is 0.0376. The summed E-state index contributed by atoms with van der Waals surface area (Å²) in [5, 5.41) is 5.12. The van der Waals surface area contributed by atoms with E-state index in [0.29, 0.717) is 12.1 Å². The number of hydrogen-bond donors (Lipinski definition) is 2. The normalized spacial score (nSPS) is 27.8. The highest BCUT2D eigenvalue weighted by molar-refractivity contribution is 5.84. The van der Waals surface area contributed by atoms with Crippen molar-refractivity contribution in [1.82, 2.24) is 15.8 Å². The van der Waals surface area contributed by atoms with E-state index in [9.17, 15) is 4.79 Å². The van der Waals surface area contributed by atoms with Crippen LogP contribution in [-0.2, 0) is 4.79 Å². The molecule has 1 aliphatic heterocycles. The lowest BCUT2D eigenvalue weighted by atomic mass is 9.99. The van der Waals surface area contributed by atoms with E-state index in [0.717, 1.165) is 12.8 Å². The minimum Gasteiger partial charge on any atom is -0.307 e. The van der Waals surface area contributed by atoms with Crippen molar-refractivity contribution in [2.24, 2.45) is 0 Å². The van der Waals surface area contributed by atoms with Gasteiger partial charge in [0.15, 0.2) is 0 Å². The summed E-state index contributed by atoms with van der Waals surface area (Å²) in [6.07, 6.45) is 3.57. The maximum absolute atomic E-state index is 12.0. The van der Waals surface area contributed by atoms with Gasteiger partial charge < -0.3 is 5.32 Å². The summed E-state index contributed by atoms with van der Waals surface area (Å²) in [4.78, 5) is 12.0. The number of nitrogens with one attached hydrogen (secondary N) is 2. The van der Waals surface area contributed by atoms with Crippen LogP contribution in [0.5, 0.6) is 0 Å². The van der Waals surface area contributed by atoms with E-state index >= 15 is 0 Å². The highest BCUT2D eigenvalue weighted by atomic mass is 16.2. The Morgan fingerprint density at radius 3 is 2.19 bits per heavy atom. The minimum atomic E-state index is -0.517. The molecule has 1 rings (SSSR count). The Morgan fingerprint density at radius 2 is 1.75 bits per heavy atom. The molecule has 0 aromatic rings. The second-order valence-electron chi connectivity index (χ2n) is 5.35. The number of amides is 1. The molecule has 1 fully saturated rings. The van der Waals surface area contributed by atoms with Gasteiger partial charge >= 0.3 is 0 Å². The molecule has 0 aliphatic carbocycles. The van der Waals surface area contributed by atoms with Gasteiger partial charge in [0.2, 0.25) is 0 Å². The number of likely N-dealkylation sites (N-methyl/N-ethyl adjacent to an activating group) is 1. The first-order valence-electron chi connectivity index (χ1n) is 6.17. The largest absolute Gasteiger partial charge is 0.307 e. The topological polar surface area (TPSA) is 44.4 Å². The number of carbonyl (C=O) groups is 1. The monoisotopic (exact) mass is 227 g/mol. The van der Waals surface area contributed by atoms with Gasteiger partial charge in [-0.1, -0.05) is 6.42 Å². The SMILES string of the molecule is CNC(C)(C)C(=O)NN1C(C)CCCC1C. The zero-order valence-corrected chi connectivity index (χ0v) is 11.1. The predicted molar refractivity (Wildman–Crippen MR) is 65.9 cm³/mol. The van der Waals surface area contributed by atoms with E-state index in [2.05, 4.69) is 29.6 Å². The van der Waals surface area contributed by atoms with E-state index in [1.54, 1.807) is 0 Å². The molecule has 94 valence electrons. The predicted octanol–water partition coefficient (Wildman–Crippen LogP) is 1.28. The first-order valence-corrected chi connectivity index (χ1v) is 6.17. The zero-order valence-electron chi connectivity index (χ0n) is 11.1. The molecule has 0 spiro atoms. The van der Waals surface area contributed by atoms with Crippen LogP contribution < -0.4 is 10.7 Å². The summed E-state index contributed by atoms with van der Waals surface area (Å²) < 4.78 is 0. The lowest BCUT2D eigenvalue weighted by Crippen LogP contribution is -2.61. The van der Waals surface area contributed by atoms with Gasteiger partial charge in [0.05, 0.1) is 5.54 Å². The third-order valence-corrected chi connectivity index (χ3v) is 3.62. The number of rotatable bonds is 3. The molecule has 2 unspecified atom stereocenters. The summed E-state index contributed by atoms with van der Waals surface area (Å²) >= 11 is 0. The molecule has 1 amide bonds. The fourth-order valence-corrected chi connectivity index (χ4v) is 2.01. The molecule has 0 radical (unpaired) electrons. The second-order valence-corrected chi connectivity index (χ2v) is 5.35. The molecule has 0 aromatic carbocycles. The quantitative estimate of drug-likeness (QED) is 0.763. The fourth-order valence-electron chi connectivity index (χ4n) is 2.01. The molecule has 1 aliphatic rings. The van der Waals surface area contributed by atoms with Gasteiger partial charge in [-0.25, -0.2) is 5.01 Å². The van der Waals surface area contributed by atoms with E-state index < -0.39 is 5.54 Å². The van der Waals surface area contributed by atoms with E-state index in [4.69, 9.17) is 0 Å². The summed E-state index contributed by atoms with van der Waals surface area (Å²) in [6.45, 7) is 8.12. The number of carbonyl (C=O) groups excluding carboxylic acids is 1. The van der Waals surface area contributed by atoms with Crippen molar-refractivity contribution in [3.8, 4) is 0 Å². The van der Waals surface area contributed by atoms with Crippen LogP contribution >= 0.6 is 0 Å². The molecule has 0 saturated carbocycles. The number of piperidine rings is 1. The van der Waals surface area contributed by atoms with Crippen LogP contribution in [0, 0.1) is 0 Å². The van der Waals surface area contributed by atoms with Gasteiger partial charge in [-0.15, -0.1) is 0 Å². The van der Waals surface area contributed by atoms with Crippen molar-refractivity contribution >= 4 is 5.91 Å². The molecule has 0 bridgehead atoms. The van der Waals surface area contributed by atoms with E-state index in [1.807, 2.05) is 20.9 Å². The molecule has 16 heavy (non-hydrogen) atoms. The molecule has 1 saturated heterocycles. The van der Waals surface area contributed by atoms with Crippen molar-refractivity contribution in [1.29, 1.82) is 0 Å². The van der Waals surface area contributed by atoms with Gasteiger partial charge in [-0.05, 0) is 47.6 Å². The first-order chi connectivity index (χ1) is 7.38. The van der Waals surface area contributed by atoms with Gasteiger partial charge in [0.1, 0.15) is 0 Å². The van der Waals surface area contributed by atoms with Crippen molar-refractivity contribution in [3.05, 3.63) is 0 Å². The number of hydrogen-bond acceptors (Lipinski definition) is 3. The molecular weight excluding hydrogens is 202 g/mol. The molecule has 2 atom stereocenters. The summed E-state index contributed by atoms with van der Waals surface area (Å²) in [6, 6.07) is 0.862. The summed E-state index contributed by atoms with van der Waals surface area (Å²) in [5.74, 6) is 0.0376. The Kier molecular flexibility index (Phi) is 4.33. The van der Waals surface area contributed by atoms with Crippen LogP contribution in [0.4, 0.5) is 0 Å². The molecule has 1 heterocycles. The number of nitrogens with zero attached hydrogens (tertiary/aromatic N) is 1. The Labute approximate surface area is 98.7 Å². The van der Waals surface area contributed by atoms with Crippen LogP contribution in [0.3, 0.4) is 0 Å². The smallest absolute Gasteiger partial charge is 0.253 e. The highest BCUT2D eigenvalue weighted by Gasteiger charge is 2.31. The fraction of sp³-hybridized carbons (Fsp3) is 0.917.